The maximum absolute atomic E-state index is 13.5. The number of alkyl halides is 3. The Morgan fingerprint density at radius 3 is 2.31 bits per heavy atom. The monoisotopic (exact) mass is 464 g/mol. The van der Waals surface area contributed by atoms with Crippen LogP contribution in [0.25, 0.3) is 5.69 Å². The second-order valence-electron chi connectivity index (χ2n) is 6.88. The van der Waals surface area contributed by atoms with Gasteiger partial charge in [-0.1, -0.05) is 40.2 Å². The van der Waals surface area contributed by atoms with Crippen molar-refractivity contribution in [1.29, 1.82) is 0 Å². The Balaban J connectivity index is 1.94. The van der Waals surface area contributed by atoms with Gasteiger partial charge in [0.05, 0.1) is 22.9 Å². The molecule has 0 fully saturated rings. The van der Waals surface area contributed by atoms with Crippen LogP contribution in [0.1, 0.15) is 45.8 Å². The van der Waals surface area contributed by atoms with Gasteiger partial charge in [0.1, 0.15) is 0 Å². The highest BCUT2D eigenvalue weighted by molar-refractivity contribution is 9.10. The number of aromatic nitrogens is 1. The average Bonchev–Trinajstić information content (AvgIpc) is 2.95. The van der Waals surface area contributed by atoms with Crippen molar-refractivity contribution in [2.24, 2.45) is 0 Å². The Hall–Kier alpha value is -2.54. The number of amides is 1. The van der Waals surface area contributed by atoms with E-state index in [1.165, 1.54) is 16.7 Å². The molecule has 1 aromatic heterocycles. The molecule has 29 heavy (non-hydrogen) atoms. The molecule has 0 aliphatic heterocycles. The number of rotatable bonds is 4. The predicted molar refractivity (Wildman–Crippen MR) is 110 cm³/mol. The molecule has 3 rings (SSSR count). The number of para-hydroxylation sites is 1. The summed E-state index contributed by atoms with van der Waals surface area (Å²) in [6.07, 6.45) is -4.49. The molecule has 0 aliphatic carbocycles. The maximum atomic E-state index is 13.5. The van der Waals surface area contributed by atoms with Crippen molar-refractivity contribution < 1.29 is 18.0 Å². The number of hydrogen-bond donors (Lipinski definition) is 1. The van der Waals surface area contributed by atoms with Crippen molar-refractivity contribution in [3.63, 3.8) is 0 Å². The second kappa shape index (κ2) is 8.06. The Morgan fingerprint density at radius 1 is 1.07 bits per heavy atom. The second-order valence-corrected chi connectivity index (χ2v) is 7.80. The Kier molecular flexibility index (Phi) is 5.89. The minimum absolute atomic E-state index is 0.00927. The molecule has 1 amide bonds. The zero-order valence-corrected chi connectivity index (χ0v) is 17.7. The minimum Gasteiger partial charge on any atom is -0.345 e. The first kappa shape index (κ1) is 21.2. The molecule has 2 aromatic carbocycles. The fourth-order valence-electron chi connectivity index (χ4n) is 3.38. The summed E-state index contributed by atoms with van der Waals surface area (Å²) in [6.45, 7) is 5.20. The van der Waals surface area contributed by atoms with Gasteiger partial charge in [-0.15, -0.1) is 0 Å². The smallest absolute Gasteiger partial charge is 0.345 e. The third kappa shape index (κ3) is 4.40. The van der Waals surface area contributed by atoms with Crippen LogP contribution in [0, 0.1) is 13.8 Å². The minimum atomic E-state index is -4.49. The molecule has 0 radical (unpaired) electrons. The van der Waals surface area contributed by atoms with E-state index in [-0.39, 0.29) is 17.6 Å². The molecular formula is C22H20BrF3N2O. The van der Waals surface area contributed by atoms with E-state index in [1.807, 2.05) is 31.2 Å². The fraction of sp³-hybridized carbons (Fsp3) is 0.227. The van der Waals surface area contributed by atoms with E-state index in [2.05, 4.69) is 21.2 Å². The van der Waals surface area contributed by atoms with E-state index in [4.69, 9.17) is 0 Å². The molecule has 0 spiro atoms. The maximum Gasteiger partial charge on any atom is 0.418 e. The molecule has 0 aliphatic rings. The Bertz CT molecular complexity index is 1040. The number of benzene rings is 2. The van der Waals surface area contributed by atoms with Crippen LogP contribution in [0.3, 0.4) is 0 Å². The van der Waals surface area contributed by atoms with Gasteiger partial charge in [0.15, 0.2) is 0 Å². The van der Waals surface area contributed by atoms with E-state index in [9.17, 15) is 18.0 Å². The molecule has 3 nitrogen and oxygen atoms in total. The quantitative estimate of drug-likeness (QED) is 0.478. The number of nitrogens with one attached hydrogen (secondary N) is 1. The van der Waals surface area contributed by atoms with E-state index in [1.54, 1.807) is 26.0 Å². The molecule has 1 heterocycles. The summed E-state index contributed by atoms with van der Waals surface area (Å²) in [5, 5.41) is 2.92. The van der Waals surface area contributed by atoms with Gasteiger partial charge in [-0.05, 0) is 56.7 Å². The molecule has 152 valence electrons. The van der Waals surface area contributed by atoms with Crippen LogP contribution in [-0.2, 0) is 6.18 Å². The van der Waals surface area contributed by atoms with Crippen LogP contribution in [0.2, 0.25) is 0 Å². The largest absolute Gasteiger partial charge is 0.418 e. The first-order chi connectivity index (χ1) is 13.6. The normalized spacial score (nSPS) is 12.7. The lowest BCUT2D eigenvalue weighted by Gasteiger charge is -2.17. The molecular weight excluding hydrogens is 445 g/mol. The summed E-state index contributed by atoms with van der Waals surface area (Å²) in [5.74, 6) is -0.329. The zero-order valence-electron chi connectivity index (χ0n) is 16.1. The molecule has 0 unspecified atom stereocenters. The Labute approximate surface area is 175 Å². The number of halogens is 4. The van der Waals surface area contributed by atoms with Crippen LogP contribution in [-0.4, -0.2) is 10.5 Å². The lowest BCUT2D eigenvalue weighted by atomic mass is 10.1. The van der Waals surface area contributed by atoms with Gasteiger partial charge in [-0.2, -0.15) is 13.2 Å². The number of hydrogen-bond acceptors (Lipinski definition) is 1. The van der Waals surface area contributed by atoms with Gasteiger partial charge in [0, 0.05) is 15.9 Å². The third-order valence-electron chi connectivity index (χ3n) is 4.84. The van der Waals surface area contributed by atoms with Crippen LogP contribution in [0.4, 0.5) is 13.2 Å². The van der Waals surface area contributed by atoms with Gasteiger partial charge >= 0.3 is 6.18 Å². The molecule has 1 atom stereocenters. The van der Waals surface area contributed by atoms with Gasteiger partial charge in [-0.25, -0.2) is 0 Å². The SMILES string of the molecule is Cc1cc(C(=O)N[C@@H](C)c2ccc(Br)cc2)c(C)n1-c1ccccc1C(F)(F)F. The number of carbonyl (C=O) groups is 1. The van der Waals surface area contributed by atoms with E-state index in [0.29, 0.717) is 17.0 Å². The molecule has 0 bridgehead atoms. The van der Waals surface area contributed by atoms with E-state index in [0.717, 1.165) is 16.1 Å². The molecule has 0 saturated heterocycles. The summed E-state index contributed by atoms with van der Waals surface area (Å²) in [5.41, 5.74) is 1.56. The van der Waals surface area contributed by atoms with Gasteiger partial charge in [0.25, 0.3) is 5.91 Å². The van der Waals surface area contributed by atoms with Crippen molar-refractivity contribution in [3.8, 4) is 5.69 Å². The standard InChI is InChI=1S/C22H20BrF3N2O/c1-13-12-18(21(29)27-14(2)16-8-10-17(23)11-9-16)15(3)28(13)20-7-5-4-6-19(20)22(24,25)26/h4-12,14H,1-3H3,(H,27,29)/t14-/m0/s1. The predicted octanol–water partition coefficient (Wildman–Crippen LogP) is 6.37. The Morgan fingerprint density at radius 2 is 1.69 bits per heavy atom. The molecule has 7 heteroatoms. The molecule has 1 N–H and O–H groups in total. The summed E-state index contributed by atoms with van der Waals surface area (Å²) in [6, 6.07) is 14.3. The van der Waals surface area contributed by atoms with Crippen molar-refractivity contribution in [1.82, 2.24) is 9.88 Å². The van der Waals surface area contributed by atoms with Gasteiger partial charge in [-0.3, -0.25) is 4.79 Å². The highest BCUT2D eigenvalue weighted by Crippen LogP contribution is 2.35. The van der Waals surface area contributed by atoms with Crippen molar-refractivity contribution in [2.45, 2.75) is 33.0 Å². The summed E-state index contributed by atoms with van der Waals surface area (Å²) in [4.78, 5) is 12.8. The third-order valence-corrected chi connectivity index (χ3v) is 5.37. The zero-order chi connectivity index (χ0) is 21.3. The van der Waals surface area contributed by atoms with Crippen LogP contribution < -0.4 is 5.32 Å². The van der Waals surface area contributed by atoms with Crippen molar-refractivity contribution >= 4 is 21.8 Å². The number of aryl methyl sites for hydroxylation is 1. The first-order valence-electron chi connectivity index (χ1n) is 9.01. The topological polar surface area (TPSA) is 34.0 Å². The lowest BCUT2D eigenvalue weighted by molar-refractivity contribution is -0.137. The lowest BCUT2D eigenvalue weighted by Crippen LogP contribution is -2.27. The van der Waals surface area contributed by atoms with Crippen LogP contribution >= 0.6 is 15.9 Å². The van der Waals surface area contributed by atoms with Gasteiger partial charge in [0.2, 0.25) is 0 Å². The fourth-order valence-corrected chi connectivity index (χ4v) is 3.65. The van der Waals surface area contributed by atoms with Crippen LogP contribution in [0.15, 0.2) is 59.1 Å². The van der Waals surface area contributed by atoms with Crippen molar-refractivity contribution in [3.05, 3.63) is 87.1 Å². The highest BCUT2D eigenvalue weighted by Gasteiger charge is 2.34. The summed E-state index contributed by atoms with van der Waals surface area (Å²) >= 11 is 3.37. The highest BCUT2D eigenvalue weighted by atomic mass is 79.9. The summed E-state index contributed by atoms with van der Waals surface area (Å²) < 4.78 is 42.8. The summed E-state index contributed by atoms with van der Waals surface area (Å²) in [7, 11) is 0. The molecule has 3 aromatic rings. The number of carbonyl (C=O) groups excluding carboxylic acids is 1. The molecule has 0 saturated carbocycles. The van der Waals surface area contributed by atoms with Crippen molar-refractivity contribution in [2.75, 3.05) is 0 Å². The number of nitrogens with zero attached hydrogens (tertiary/aromatic N) is 1. The average molecular weight is 465 g/mol. The first-order valence-corrected chi connectivity index (χ1v) is 9.80. The van der Waals surface area contributed by atoms with E-state index < -0.39 is 11.7 Å². The van der Waals surface area contributed by atoms with Crippen LogP contribution in [0.5, 0.6) is 0 Å². The van der Waals surface area contributed by atoms with Gasteiger partial charge < -0.3 is 9.88 Å². The van der Waals surface area contributed by atoms with E-state index >= 15 is 0 Å².